The Morgan fingerprint density at radius 2 is 2.00 bits per heavy atom. The second kappa shape index (κ2) is 9.38. The molecule has 1 aliphatic heterocycles. The van der Waals surface area contributed by atoms with E-state index in [9.17, 15) is 18.4 Å². The Balaban J connectivity index is 1.29. The van der Waals surface area contributed by atoms with E-state index >= 15 is 0 Å². The normalized spacial score (nSPS) is 14.6. The third-order valence-corrected chi connectivity index (χ3v) is 6.25. The number of halogens is 2. The lowest BCUT2D eigenvalue weighted by Gasteiger charge is -2.31. The zero-order valence-electron chi connectivity index (χ0n) is 16.6. The Bertz CT molecular complexity index is 1060. The van der Waals surface area contributed by atoms with Crippen LogP contribution in [0.4, 0.5) is 8.78 Å². The van der Waals surface area contributed by atoms with Crippen molar-refractivity contribution >= 4 is 23.2 Å². The highest BCUT2D eigenvalue weighted by atomic mass is 32.1. The molecule has 9 heteroatoms. The number of nitrogens with one attached hydrogen (secondary N) is 1. The molecule has 1 aliphatic rings. The molecule has 4 rings (SSSR count). The fourth-order valence-electron chi connectivity index (χ4n) is 3.63. The van der Waals surface area contributed by atoms with Crippen molar-refractivity contribution < 1.29 is 22.9 Å². The summed E-state index contributed by atoms with van der Waals surface area (Å²) in [5, 5.41) is 8.78. The van der Waals surface area contributed by atoms with Crippen molar-refractivity contribution in [2.24, 2.45) is 0 Å². The Morgan fingerprint density at radius 1 is 1.19 bits per heavy atom. The standard InChI is InChI=1S/C22H21F2N3O3S/c23-16-3-4-18(24)15(10-16)11-21(28)27-7-5-14(6-8-27)19-12-20(30-26-19)22(29)25-13-17-2-1-9-31-17/h1-4,9-10,12,14H,5-8,11,13H2,(H,25,29). The van der Waals surface area contributed by atoms with Crippen molar-refractivity contribution in [1.82, 2.24) is 15.4 Å². The molecular formula is C22H21F2N3O3S. The van der Waals surface area contributed by atoms with Crippen LogP contribution < -0.4 is 5.32 Å². The van der Waals surface area contributed by atoms with Gasteiger partial charge in [-0.15, -0.1) is 11.3 Å². The van der Waals surface area contributed by atoms with Gasteiger partial charge < -0.3 is 14.7 Å². The average Bonchev–Trinajstić information content (AvgIpc) is 3.47. The highest BCUT2D eigenvalue weighted by Crippen LogP contribution is 2.28. The van der Waals surface area contributed by atoms with Gasteiger partial charge >= 0.3 is 0 Å². The number of carbonyl (C=O) groups is 2. The van der Waals surface area contributed by atoms with E-state index < -0.39 is 11.6 Å². The minimum absolute atomic E-state index is 0.0572. The molecule has 6 nitrogen and oxygen atoms in total. The summed E-state index contributed by atoms with van der Waals surface area (Å²) in [6, 6.07) is 8.62. The molecule has 3 aromatic rings. The maximum Gasteiger partial charge on any atom is 0.290 e. The number of rotatable bonds is 6. The third kappa shape index (κ3) is 5.16. The lowest BCUT2D eigenvalue weighted by atomic mass is 9.93. The first-order valence-electron chi connectivity index (χ1n) is 9.98. The minimum Gasteiger partial charge on any atom is -0.351 e. The predicted octanol–water partition coefficient (Wildman–Crippen LogP) is 3.89. The first kappa shape index (κ1) is 21.2. The molecule has 31 heavy (non-hydrogen) atoms. The van der Waals surface area contributed by atoms with Gasteiger partial charge in [0.2, 0.25) is 11.7 Å². The molecule has 0 unspecified atom stereocenters. The highest BCUT2D eigenvalue weighted by molar-refractivity contribution is 7.09. The van der Waals surface area contributed by atoms with Crippen molar-refractivity contribution in [3.8, 4) is 0 Å². The summed E-state index contributed by atoms with van der Waals surface area (Å²) in [5.41, 5.74) is 0.742. The summed E-state index contributed by atoms with van der Waals surface area (Å²) < 4.78 is 32.3. The number of thiophene rings is 1. The molecule has 1 saturated heterocycles. The van der Waals surface area contributed by atoms with Crippen molar-refractivity contribution in [3.63, 3.8) is 0 Å². The third-order valence-electron chi connectivity index (χ3n) is 5.37. The fraction of sp³-hybridized carbons (Fsp3) is 0.318. The summed E-state index contributed by atoms with van der Waals surface area (Å²) in [7, 11) is 0. The molecule has 0 saturated carbocycles. The van der Waals surface area contributed by atoms with E-state index in [1.54, 1.807) is 22.3 Å². The number of benzene rings is 1. The van der Waals surface area contributed by atoms with Crippen LogP contribution >= 0.6 is 11.3 Å². The maximum atomic E-state index is 13.8. The van der Waals surface area contributed by atoms with Crippen LogP contribution in [0.2, 0.25) is 0 Å². The number of nitrogens with zero attached hydrogens (tertiary/aromatic N) is 2. The second-order valence-electron chi connectivity index (χ2n) is 7.45. The number of carbonyl (C=O) groups excluding carboxylic acids is 2. The number of likely N-dealkylation sites (tertiary alicyclic amines) is 1. The number of piperidine rings is 1. The van der Waals surface area contributed by atoms with Crippen LogP contribution in [0.3, 0.4) is 0 Å². The topological polar surface area (TPSA) is 75.4 Å². The van der Waals surface area contributed by atoms with Gasteiger partial charge in [0.25, 0.3) is 5.91 Å². The van der Waals surface area contributed by atoms with Crippen LogP contribution in [-0.2, 0) is 17.8 Å². The first-order chi connectivity index (χ1) is 15.0. The fourth-order valence-corrected chi connectivity index (χ4v) is 4.28. The van der Waals surface area contributed by atoms with Crippen LogP contribution in [0.15, 0.2) is 46.3 Å². The van der Waals surface area contributed by atoms with E-state index in [2.05, 4.69) is 10.5 Å². The molecule has 1 N–H and O–H groups in total. The van der Waals surface area contributed by atoms with Gasteiger partial charge in [0.05, 0.1) is 18.7 Å². The molecule has 0 radical (unpaired) electrons. The first-order valence-corrected chi connectivity index (χ1v) is 10.9. The molecular weight excluding hydrogens is 424 g/mol. The van der Waals surface area contributed by atoms with Crippen molar-refractivity contribution in [2.75, 3.05) is 13.1 Å². The van der Waals surface area contributed by atoms with Crippen LogP contribution in [0.1, 0.15) is 45.4 Å². The molecule has 3 heterocycles. The van der Waals surface area contributed by atoms with Crippen LogP contribution in [0, 0.1) is 11.6 Å². The van der Waals surface area contributed by atoms with Crippen molar-refractivity contribution in [2.45, 2.75) is 31.7 Å². The number of aromatic nitrogens is 1. The van der Waals surface area contributed by atoms with Gasteiger partial charge in [0.15, 0.2) is 0 Å². The van der Waals surface area contributed by atoms with Crippen LogP contribution in [0.25, 0.3) is 0 Å². The van der Waals surface area contributed by atoms with Crippen LogP contribution in [-0.4, -0.2) is 35.0 Å². The van der Waals surface area contributed by atoms with Gasteiger partial charge in [-0.25, -0.2) is 8.78 Å². The van der Waals surface area contributed by atoms with Gasteiger partial charge in [-0.2, -0.15) is 0 Å². The molecule has 1 aromatic carbocycles. The smallest absolute Gasteiger partial charge is 0.290 e. The van der Waals surface area contributed by atoms with Gasteiger partial charge in [0.1, 0.15) is 11.6 Å². The summed E-state index contributed by atoms with van der Waals surface area (Å²) in [4.78, 5) is 27.4. The molecule has 2 amide bonds. The predicted molar refractivity (Wildman–Crippen MR) is 111 cm³/mol. The second-order valence-corrected chi connectivity index (χ2v) is 8.48. The van der Waals surface area contributed by atoms with E-state index in [0.717, 1.165) is 23.1 Å². The summed E-state index contributed by atoms with van der Waals surface area (Å²) in [5.74, 6) is -1.49. The van der Waals surface area contributed by atoms with Crippen molar-refractivity contribution in [3.05, 3.63) is 75.3 Å². The lowest BCUT2D eigenvalue weighted by molar-refractivity contribution is -0.131. The van der Waals surface area contributed by atoms with Gasteiger partial charge in [-0.05, 0) is 42.5 Å². The molecule has 1 fully saturated rings. The molecule has 0 atom stereocenters. The van der Waals surface area contributed by atoms with E-state index in [1.807, 2.05) is 17.5 Å². The Hall–Kier alpha value is -3.07. The largest absolute Gasteiger partial charge is 0.351 e. The zero-order valence-corrected chi connectivity index (χ0v) is 17.5. The highest BCUT2D eigenvalue weighted by Gasteiger charge is 2.27. The quantitative estimate of drug-likeness (QED) is 0.625. The number of amides is 2. The molecule has 0 bridgehead atoms. The molecule has 0 spiro atoms. The molecule has 162 valence electrons. The van der Waals surface area contributed by atoms with Gasteiger partial charge in [-0.1, -0.05) is 11.2 Å². The average molecular weight is 445 g/mol. The van der Waals surface area contributed by atoms with Gasteiger partial charge in [-0.3, -0.25) is 9.59 Å². The molecule has 0 aliphatic carbocycles. The Morgan fingerprint density at radius 3 is 2.74 bits per heavy atom. The van der Waals surface area contributed by atoms with E-state index in [1.165, 1.54) is 0 Å². The van der Waals surface area contributed by atoms with E-state index in [4.69, 9.17) is 4.52 Å². The Labute approximate surface area is 181 Å². The van der Waals surface area contributed by atoms with E-state index in [-0.39, 0.29) is 35.5 Å². The summed E-state index contributed by atoms with van der Waals surface area (Å²) in [6.45, 7) is 1.39. The lowest BCUT2D eigenvalue weighted by Crippen LogP contribution is -2.39. The number of hydrogen-bond donors (Lipinski definition) is 1. The molecule has 2 aromatic heterocycles. The van der Waals surface area contributed by atoms with Crippen LogP contribution in [0.5, 0.6) is 0 Å². The summed E-state index contributed by atoms with van der Waals surface area (Å²) >= 11 is 1.56. The van der Waals surface area contributed by atoms with Gasteiger partial charge in [0, 0.05) is 35.5 Å². The maximum absolute atomic E-state index is 13.8. The monoisotopic (exact) mass is 445 g/mol. The summed E-state index contributed by atoms with van der Waals surface area (Å²) in [6.07, 6.45) is 1.13. The SMILES string of the molecule is O=C(NCc1cccs1)c1cc(C2CCN(C(=O)Cc3cc(F)ccc3F)CC2)no1. The number of hydrogen-bond acceptors (Lipinski definition) is 5. The Kier molecular flexibility index (Phi) is 6.41. The zero-order chi connectivity index (χ0) is 21.8. The van der Waals surface area contributed by atoms with Crippen molar-refractivity contribution in [1.29, 1.82) is 0 Å². The van der Waals surface area contributed by atoms with E-state index in [0.29, 0.717) is 38.2 Å². The minimum atomic E-state index is -0.586.